The van der Waals surface area contributed by atoms with Crippen molar-refractivity contribution in [1.82, 2.24) is 0 Å². The third kappa shape index (κ3) is 2.72. The number of hydrogen-bond acceptors (Lipinski definition) is 2. The number of nitrogens with zero attached hydrogens (tertiary/aromatic N) is 2. The van der Waals surface area contributed by atoms with E-state index < -0.39 is 0 Å². The molecule has 0 amide bonds. The van der Waals surface area contributed by atoms with Crippen LogP contribution < -0.4 is 5.73 Å². The first kappa shape index (κ1) is 9.93. The lowest BCUT2D eigenvalue weighted by Crippen LogP contribution is -2.13. The zero-order valence-corrected chi connectivity index (χ0v) is 7.57. The SMILES string of the molecule is N#CCC(N)=NC(=N)c1ccccc1. The van der Waals surface area contributed by atoms with Crippen LogP contribution in [0.4, 0.5) is 0 Å². The molecule has 0 saturated carbocycles. The summed E-state index contributed by atoms with van der Waals surface area (Å²) in [4.78, 5) is 3.79. The first-order chi connectivity index (χ1) is 6.74. The van der Waals surface area contributed by atoms with E-state index in [2.05, 4.69) is 4.99 Å². The van der Waals surface area contributed by atoms with Gasteiger partial charge in [-0.25, -0.2) is 4.99 Å². The largest absolute Gasteiger partial charge is 0.386 e. The molecule has 0 unspecified atom stereocenters. The fourth-order valence-electron chi connectivity index (χ4n) is 0.925. The van der Waals surface area contributed by atoms with E-state index in [4.69, 9.17) is 16.4 Å². The highest BCUT2D eigenvalue weighted by Crippen LogP contribution is 2.00. The number of amidine groups is 2. The molecule has 14 heavy (non-hydrogen) atoms. The molecule has 0 aliphatic carbocycles. The summed E-state index contributed by atoms with van der Waals surface area (Å²) >= 11 is 0. The van der Waals surface area contributed by atoms with Crippen LogP contribution in [0.3, 0.4) is 0 Å². The third-order valence-electron chi connectivity index (χ3n) is 1.56. The topological polar surface area (TPSA) is 86.0 Å². The summed E-state index contributed by atoms with van der Waals surface area (Å²) < 4.78 is 0. The van der Waals surface area contributed by atoms with Gasteiger partial charge in [-0.2, -0.15) is 5.26 Å². The molecule has 0 fully saturated rings. The van der Waals surface area contributed by atoms with Gasteiger partial charge >= 0.3 is 0 Å². The third-order valence-corrected chi connectivity index (χ3v) is 1.56. The Morgan fingerprint density at radius 3 is 2.64 bits per heavy atom. The summed E-state index contributed by atoms with van der Waals surface area (Å²) in [5.41, 5.74) is 6.10. The van der Waals surface area contributed by atoms with Crippen LogP contribution in [0.2, 0.25) is 0 Å². The Morgan fingerprint density at radius 2 is 2.07 bits per heavy atom. The number of hydrogen-bond donors (Lipinski definition) is 2. The van der Waals surface area contributed by atoms with Gasteiger partial charge in [0.2, 0.25) is 0 Å². The smallest absolute Gasteiger partial charge is 0.153 e. The second-order valence-corrected chi connectivity index (χ2v) is 2.65. The van der Waals surface area contributed by atoms with Crippen molar-refractivity contribution in [3.05, 3.63) is 35.9 Å². The number of nitriles is 1. The zero-order chi connectivity index (χ0) is 10.4. The summed E-state index contributed by atoms with van der Waals surface area (Å²) in [6.45, 7) is 0. The zero-order valence-electron chi connectivity index (χ0n) is 7.57. The Bertz CT molecular complexity index is 386. The number of rotatable bonds is 2. The van der Waals surface area contributed by atoms with Crippen molar-refractivity contribution >= 4 is 11.7 Å². The van der Waals surface area contributed by atoms with Crippen LogP contribution in [0.1, 0.15) is 12.0 Å². The van der Waals surface area contributed by atoms with Crippen molar-refractivity contribution in [3.63, 3.8) is 0 Å². The Kier molecular flexibility index (Phi) is 3.39. The molecule has 1 rings (SSSR count). The van der Waals surface area contributed by atoms with E-state index in [0.29, 0.717) is 5.56 Å². The Balaban J connectivity index is 2.79. The van der Waals surface area contributed by atoms with Crippen LogP contribution in [0.25, 0.3) is 0 Å². The van der Waals surface area contributed by atoms with Crippen LogP contribution in [0, 0.1) is 16.7 Å². The van der Waals surface area contributed by atoms with Crippen molar-refractivity contribution in [2.45, 2.75) is 6.42 Å². The highest BCUT2D eigenvalue weighted by atomic mass is 14.9. The van der Waals surface area contributed by atoms with Crippen LogP contribution in [0.5, 0.6) is 0 Å². The molecule has 1 aromatic carbocycles. The van der Waals surface area contributed by atoms with Gasteiger partial charge in [-0.05, 0) is 0 Å². The predicted molar refractivity (Wildman–Crippen MR) is 55.1 cm³/mol. The molecule has 4 nitrogen and oxygen atoms in total. The summed E-state index contributed by atoms with van der Waals surface area (Å²) in [6.07, 6.45) is 0.0508. The van der Waals surface area contributed by atoms with E-state index in [1.807, 2.05) is 24.3 Å². The van der Waals surface area contributed by atoms with Gasteiger partial charge in [-0.1, -0.05) is 30.3 Å². The van der Waals surface area contributed by atoms with Crippen molar-refractivity contribution in [2.24, 2.45) is 10.7 Å². The molecule has 0 aromatic heterocycles. The molecule has 0 saturated heterocycles. The van der Waals surface area contributed by atoms with Gasteiger partial charge in [0.15, 0.2) is 5.84 Å². The fraction of sp³-hybridized carbons (Fsp3) is 0.100. The average molecular weight is 186 g/mol. The van der Waals surface area contributed by atoms with Crippen LogP contribution in [-0.2, 0) is 0 Å². The molecule has 70 valence electrons. The van der Waals surface area contributed by atoms with Gasteiger partial charge in [0, 0.05) is 5.56 Å². The van der Waals surface area contributed by atoms with Gasteiger partial charge in [-0.3, -0.25) is 5.41 Å². The highest BCUT2D eigenvalue weighted by molar-refractivity contribution is 6.04. The lowest BCUT2D eigenvalue weighted by Gasteiger charge is -1.98. The van der Waals surface area contributed by atoms with Gasteiger partial charge in [0.1, 0.15) is 5.84 Å². The van der Waals surface area contributed by atoms with Gasteiger partial charge in [-0.15, -0.1) is 0 Å². The average Bonchev–Trinajstić information content (AvgIpc) is 2.19. The van der Waals surface area contributed by atoms with Crippen molar-refractivity contribution < 1.29 is 0 Å². The Morgan fingerprint density at radius 1 is 1.43 bits per heavy atom. The van der Waals surface area contributed by atoms with Gasteiger partial charge < -0.3 is 5.73 Å². The fourth-order valence-corrected chi connectivity index (χ4v) is 0.925. The second kappa shape index (κ2) is 4.77. The standard InChI is InChI=1S/C10H10N4/c11-7-6-9(12)14-10(13)8-4-2-1-3-5-8/h1-5H,6H2,(H3,12,13,14). The normalized spacial score (nSPS) is 10.6. The number of nitrogens with one attached hydrogen (secondary N) is 1. The second-order valence-electron chi connectivity index (χ2n) is 2.65. The van der Waals surface area contributed by atoms with Crippen LogP contribution >= 0.6 is 0 Å². The maximum absolute atomic E-state index is 8.34. The molecular weight excluding hydrogens is 176 g/mol. The maximum atomic E-state index is 8.34. The molecule has 0 radical (unpaired) electrons. The molecular formula is C10H10N4. The Hall–Kier alpha value is -2.15. The molecule has 0 bridgehead atoms. The number of benzene rings is 1. The first-order valence-electron chi connectivity index (χ1n) is 4.08. The first-order valence-corrected chi connectivity index (χ1v) is 4.08. The molecule has 3 N–H and O–H groups in total. The van der Waals surface area contributed by atoms with Crippen molar-refractivity contribution in [2.75, 3.05) is 0 Å². The van der Waals surface area contributed by atoms with E-state index >= 15 is 0 Å². The molecule has 0 heterocycles. The van der Waals surface area contributed by atoms with Crippen LogP contribution in [-0.4, -0.2) is 11.7 Å². The molecule has 0 atom stereocenters. The number of aliphatic imine (C=N–C) groups is 1. The quantitative estimate of drug-likeness (QED) is 0.538. The van der Waals surface area contributed by atoms with Crippen LogP contribution in [0.15, 0.2) is 35.3 Å². The van der Waals surface area contributed by atoms with E-state index in [1.165, 1.54) is 0 Å². The minimum atomic E-state index is 0.0508. The lowest BCUT2D eigenvalue weighted by atomic mass is 10.2. The van der Waals surface area contributed by atoms with E-state index in [1.54, 1.807) is 12.1 Å². The lowest BCUT2D eigenvalue weighted by molar-refractivity contribution is 1.33. The monoisotopic (exact) mass is 186 g/mol. The summed E-state index contributed by atoms with van der Waals surface area (Å²) in [6, 6.07) is 10.9. The Labute approximate surface area is 82.2 Å². The summed E-state index contributed by atoms with van der Waals surface area (Å²) in [5, 5.41) is 15.9. The minimum absolute atomic E-state index is 0.0508. The predicted octanol–water partition coefficient (Wildman–Crippen LogP) is 1.28. The van der Waals surface area contributed by atoms with Gasteiger partial charge in [0.25, 0.3) is 0 Å². The maximum Gasteiger partial charge on any atom is 0.153 e. The van der Waals surface area contributed by atoms with Crippen molar-refractivity contribution in [3.8, 4) is 6.07 Å². The summed E-state index contributed by atoms with van der Waals surface area (Å²) in [5.74, 6) is 0.250. The number of nitrogens with two attached hydrogens (primary N) is 1. The van der Waals surface area contributed by atoms with E-state index in [-0.39, 0.29) is 18.1 Å². The molecule has 4 heteroatoms. The van der Waals surface area contributed by atoms with E-state index in [9.17, 15) is 0 Å². The molecule has 1 aromatic rings. The van der Waals surface area contributed by atoms with E-state index in [0.717, 1.165) is 0 Å². The molecule has 0 spiro atoms. The highest BCUT2D eigenvalue weighted by Gasteiger charge is 1.98. The summed E-state index contributed by atoms with van der Waals surface area (Å²) in [7, 11) is 0. The molecule has 0 aliphatic rings. The van der Waals surface area contributed by atoms with Crippen molar-refractivity contribution in [1.29, 1.82) is 10.7 Å². The minimum Gasteiger partial charge on any atom is -0.386 e. The molecule has 0 aliphatic heterocycles. The van der Waals surface area contributed by atoms with Gasteiger partial charge in [0.05, 0.1) is 12.5 Å².